The number of hydrazine groups is 1. The number of hydrogen-bond donors (Lipinski definition) is 2. The topological polar surface area (TPSA) is 101 Å². The number of carbonyl (C=O) groups is 2. The summed E-state index contributed by atoms with van der Waals surface area (Å²) in [6.07, 6.45) is 0. The Morgan fingerprint density at radius 3 is 2.35 bits per heavy atom. The first-order valence-electron chi connectivity index (χ1n) is 10.6. The van der Waals surface area contributed by atoms with Crippen LogP contribution < -0.4 is 16.3 Å². The molecule has 0 aliphatic carbocycles. The Morgan fingerprint density at radius 2 is 1.53 bits per heavy atom. The SMILES string of the molecule is Cc1c(-c2ccccc2)oc2c(C(=O)NNC(=O)c3ccc4ccccc4n3)cccc2c1=O. The molecule has 0 aliphatic rings. The van der Waals surface area contributed by atoms with Crippen molar-refractivity contribution in [2.24, 2.45) is 0 Å². The Kier molecular flexibility index (Phi) is 5.35. The van der Waals surface area contributed by atoms with Crippen LogP contribution in [0.1, 0.15) is 26.4 Å². The molecule has 5 aromatic rings. The monoisotopic (exact) mass is 449 g/mol. The molecule has 166 valence electrons. The largest absolute Gasteiger partial charge is 0.455 e. The summed E-state index contributed by atoms with van der Waals surface area (Å²) in [6.45, 7) is 1.69. The molecule has 2 N–H and O–H groups in total. The number of para-hydroxylation sites is 2. The van der Waals surface area contributed by atoms with Gasteiger partial charge in [-0.3, -0.25) is 25.2 Å². The molecule has 2 aromatic heterocycles. The second-order valence-corrected chi connectivity index (χ2v) is 7.73. The first-order chi connectivity index (χ1) is 16.5. The maximum absolute atomic E-state index is 13.0. The molecule has 0 radical (unpaired) electrons. The minimum Gasteiger partial charge on any atom is -0.455 e. The van der Waals surface area contributed by atoms with Crippen LogP contribution in [0.5, 0.6) is 0 Å². The van der Waals surface area contributed by atoms with Gasteiger partial charge >= 0.3 is 0 Å². The van der Waals surface area contributed by atoms with Crippen molar-refractivity contribution in [3.8, 4) is 11.3 Å². The first-order valence-corrected chi connectivity index (χ1v) is 10.6. The minimum atomic E-state index is -0.620. The van der Waals surface area contributed by atoms with Crippen LogP contribution in [0.4, 0.5) is 0 Å². The van der Waals surface area contributed by atoms with Crippen LogP contribution in [0.3, 0.4) is 0 Å². The third-order valence-corrected chi connectivity index (χ3v) is 5.55. The molecular weight excluding hydrogens is 430 g/mol. The number of hydrogen-bond acceptors (Lipinski definition) is 5. The van der Waals surface area contributed by atoms with E-state index in [1.165, 1.54) is 6.07 Å². The summed E-state index contributed by atoms with van der Waals surface area (Å²) in [7, 11) is 0. The van der Waals surface area contributed by atoms with Gasteiger partial charge in [-0.25, -0.2) is 4.98 Å². The fourth-order valence-electron chi connectivity index (χ4n) is 3.79. The van der Waals surface area contributed by atoms with E-state index in [1.807, 2.05) is 48.5 Å². The van der Waals surface area contributed by atoms with Gasteiger partial charge in [-0.2, -0.15) is 0 Å². The highest BCUT2D eigenvalue weighted by atomic mass is 16.3. The summed E-state index contributed by atoms with van der Waals surface area (Å²) in [6, 6.07) is 24.7. The van der Waals surface area contributed by atoms with E-state index in [4.69, 9.17) is 4.42 Å². The molecule has 5 rings (SSSR count). The number of fused-ring (bicyclic) bond motifs is 2. The molecule has 7 heteroatoms. The molecule has 0 atom stereocenters. The predicted molar refractivity (Wildman–Crippen MR) is 129 cm³/mol. The number of aromatic nitrogens is 1. The van der Waals surface area contributed by atoms with Gasteiger partial charge in [0.1, 0.15) is 11.5 Å². The van der Waals surface area contributed by atoms with Crippen molar-refractivity contribution in [1.82, 2.24) is 15.8 Å². The van der Waals surface area contributed by atoms with E-state index in [0.717, 1.165) is 10.9 Å². The molecular formula is C27H19N3O4. The molecule has 0 spiro atoms. The molecule has 0 saturated heterocycles. The van der Waals surface area contributed by atoms with Crippen molar-refractivity contribution >= 4 is 33.7 Å². The fourth-order valence-corrected chi connectivity index (χ4v) is 3.79. The Bertz CT molecular complexity index is 1620. The number of nitrogens with one attached hydrogen (secondary N) is 2. The molecule has 34 heavy (non-hydrogen) atoms. The van der Waals surface area contributed by atoms with Gasteiger partial charge in [-0.05, 0) is 31.2 Å². The van der Waals surface area contributed by atoms with E-state index < -0.39 is 11.8 Å². The lowest BCUT2D eigenvalue weighted by Gasteiger charge is -2.11. The molecule has 2 heterocycles. The second-order valence-electron chi connectivity index (χ2n) is 7.73. The number of carbonyl (C=O) groups excluding carboxylic acids is 2. The van der Waals surface area contributed by atoms with Gasteiger partial charge in [-0.15, -0.1) is 0 Å². The molecule has 7 nitrogen and oxygen atoms in total. The van der Waals surface area contributed by atoms with E-state index in [1.54, 1.807) is 37.3 Å². The van der Waals surface area contributed by atoms with Crippen LogP contribution in [0.15, 0.2) is 94.1 Å². The van der Waals surface area contributed by atoms with Crippen molar-refractivity contribution in [2.75, 3.05) is 0 Å². The fraction of sp³-hybridized carbons (Fsp3) is 0.0370. The maximum atomic E-state index is 13.0. The molecule has 0 aliphatic heterocycles. The zero-order valence-corrected chi connectivity index (χ0v) is 18.2. The normalized spacial score (nSPS) is 10.9. The highest BCUT2D eigenvalue weighted by molar-refractivity contribution is 6.06. The average molecular weight is 449 g/mol. The van der Waals surface area contributed by atoms with Gasteiger partial charge in [0.15, 0.2) is 11.0 Å². The van der Waals surface area contributed by atoms with Crippen LogP contribution >= 0.6 is 0 Å². The number of pyridine rings is 1. The lowest BCUT2D eigenvalue weighted by molar-refractivity contribution is 0.0844. The van der Waals surface area contributed by atoms with E-state index in [0.29, 0.717) is 16.8 Å². The van der Waals surface area contributed by atoms with Crippen molar-refractivity contribution < 1.29 is 14.0 Å². The molecule has 0 fully saturated rings. The minimum absolute atomic E-state index is 0.124. The molecule has 2 amide bonds. The van der Waals surface area contributed by atoms with Gasteiger partial charge in [0, 0.05) is 16.5 Å². The van der Waals surface area contributed by atoms with Crippen molar-refractivity contribution in [3.63, 3.8) is 0 Å². The average Bonchev–Trinajstić information content (AvgIpc) is 2.89. The second kappa shape index (κ2) is 8.63. The lowest BCUT2D eigenvalue weighted by atomic mass is 10.0. The van der Waals surface area contributed by atoms with Crippen LogP contribution in [-0.4, -0.2) is 16.8 Å². The molecule has 0 unspecified atom stereocenters. The van der Waals surface area contributed by atoms with E-state index in [2.05, 4.69) is 15.8 Å². The van der Waals surface area contributed by atoms with Gasteiger partial charge < -0.3 is 4.42 Å². The Hall–Kier alpha value is -4.78. The van der Waals surface area contributed by atoms with Crippen LogP contribution in [-0.2, 0) is 0 Å². The van der Waals surface area contributed by atoms with Gasteiger partial charge in [0.2, 0.25) is 0 Å². The molecule has 0 bridgehead atoms. The highest BCUT2D eigenvalue weighted by Gasteiger charge is 2.19. The smallest absolute Gasteiger partial charge is 0.288 e. The van der Waals surface area contributed by atoms with Gasteiger partial charge in [-0.1, -0.05) is 60.7 Å². The Morgan fingerprint density at radius 1 is 0.794 bits per heavy atom. The number of rotatable bonds is 3. The van der Waals surface area contributed by atoms with Crippen molar-refractivity contribution in [3.05, 3.63) is 112 Å². The van der Waals surface area contributed by atoms with Crippen LogP contribution in [0, 0.1) is 6.92 Å². The van der Waals surface area contributed by atoms with Crippen LogP contribution in [0.25, 0.3) is 33.2 Å². The first kappa shape index (κ1) is 21.1. The summed E-state index contributed by atoms with van der Waals surface area (Å²) in [5.74, 6) is -0.796. The molecule has 0 saturated carbocycles. The quantitative estimate of drug-likeness (QED) is 0.398. The Balaban J connectivity index is 1.45. The zero-order chi connectivity index (χ0) is 23.7. The van der Waals surface area contributed by atoms with E-state index >= 15 is 0 Å². The Labute approximate surface area is 194 Å². The molecule has 3 aromatic carbocycles. The van der Waals surface area contributed by atoms with Gasteiger partial charge in [0.05, 0.1) is 16.5 Å². The summed E-state index contributed by atoms with van der Waals surface area (Å²) >= 11 is 0. The summed E-state index contributed by atoms with van der Waals surface area (Å²) in [5.41, 5.74) is 6.82. The third kappa shape index (κ3) is 3.80. The van der Waals surface area contributed by atoms with Crippen molar-refractivity contribution in [1.29, 1.82) is 0 Å². The number of benzene rings is 3. The standard InChI is InChI=1S/C27H19N3O4/c1-16-23(31)19-11-7-12-20(25(19)34-24(16)18-9-3-2-4-10-18)26(32)29-30-27(33)22-15-14-17-8-5-6-13-21(17)28-22/h2-15H,1H3,(H,29,32)(H,30,33). The zero-order valence-electron chi connectivity index (χ0n) is 18.2. The summed E-state index contributed by atoms with van der Waals surface area (Å²) in [4.78, 5) is 42.8. The summed E-state index contributed by atoms with van der Waals surface area (Å²) < 4.78 is 6.07. The summed E-state index contributed by atoms with van der Waals surface area (Å²) in [5, 5.41) is 1.19. The lowest BCUT2D eigenvalue weighted by Crippen LogP contribution is -2.42. The van der Waals surface area contributed by atoms with E-state index in [9.17, 15) is 14.4 Å². The number of amides is 2. The number of nitrogens with zero attached hydrogens (tertiary/aromatic N) is 1. The van der Waals surface area contributed by atoms with Gasteiger partial charge in [0.25, 0.3) is 11.8 Å². The van der Waals surface area contributed by atoms with E-state index in [-0.39, 0.29) is 27.7 Å². The van der Waals surface area contributed by atoms with Crippen molar-refractivity contribution in [2.45, 2.75) is 6.92 Å². The van der Waals surface area contributed by atoms with Crippen LogP contribution in [0.2, 0.25) is 0 Å². The highest BCUT2D eigenvalue weighted by Crippen LogP contribution is 2.27. The maximum Gasteiger partial charge on any atom is 0.288 e. The third-order valence-electron chi connectivity index (χ3n) is 5.55. The predicted octanol–water partition coefficient (Wildman–Crippen LogP) is 4.39.